The van der Waals surface area contributed by atoms with Crippen LogP contribution in [0.5, 0.6) is 5.75 Å². The second-order valence-electron chi connectivity index (χ2n) is 6.12. The van der Waals surface area contributed by atoms with Gasteiger partial charge in [0, 0.05) is 17.9 Å². The summed E-state index contributed by atoms with van der Waals surface area (Å²) in [6.07, 6.45) is 4.51. The molecule has 0 fully saturated rings. The van der Waals surface area contributed by atoms with Crippen molar-refractivity contribution in [2.45, 2.75) is 46.0 Å². The van der Waals surface area contributed by atoms with Crippen molar-refractivity contribution >= 4 is 28.2 Å². The molecule has 0 saturated carbocycles. The van der Waals surface area contributed by atoms with Crippen LogP contribution in [0.1, 0.15) is 56.3 Å². The Hall–Kier alpha value is -2.69. The molecule has 2 aromatic rings. The zero-order valence-electron chi connectivity index (χ0n) is 15.6. The van der Waals surface area contributed by atoms with Gasteiger partial charge in [-0.25, -0.2) is 4.79 Å². The number of hydrogen-bond donors (Lipinski definition) is 0. The van der Waals surface area contributed by atoms with Crippen LogP contribution < -0.4 is 4.74 Å². The molecule has 0 heterocycles. The molecule has 0 aromatic heterocycles. The number of Topliss-reactive ketones (excluding diaryl/α,β-unsaturated/α-hetero) is 1. The van der Waals surface area contributed by atoms with Crippen LogP contribution in [0, 0.1) is 0 Å². The molecule has 5 heteroatoms. The molecule has 0 radical (unpaired) electrons. The standard InChI is InChI=1S/C21H25NO4/c1-4-5-6-7-12-19(22-26-15(2)23)21(24)18-13-14-20(25-3)17-11-9-8-10-16(17)18/h8-11,13-14H,4-7,12H2,1-3H3. The first kappa shape index (κ1) is 19.6. The van der Waals surface area contributed by atoms with Gasteiger partial charge in [0.25, 0.3) is 0 Å². The fourth-order valence-electron chi connectivity index (χ4n) is 2.84. The molecule has 0 unspecified atom stereocenters. The van der Waals surface area contributed by atoms with Gasteiger partial charge in [0.2, 0.25) is 5.78 Å². The lowest BCUT2D eigenvalue weighted by Gasteiger charge is -2.11. The van der Waals surface area contributed by atoms with Crippen LogP contribution in [0.25, 0.3) is 10.8 Å². The zero-order chi connectivity index (χ0) is 18.9. The lowest BCUT2D eigenvalue weighted by atomic mass is 9.96. The van der Waals surface area contributed by atoms with E-state index in [1.54, 1.807) is 19.2 Å². The number of hydrogen-bond acceptors (Lipinski definition) is 5. The van der Waals surface area contributed by atoms with Crippen LogP contribution in [0.3, 0.4) is 0 Å². The summed E-state index contributed by atoms with van der Waals surface area (Å²) < 4.78 is 5.38. The lowest BCUT2D eigenvalue weighted by Crippen LogP contribution is -2.16. The smallest absolute Gasteiger partial charge is 0.331 e. The van der Waals surface area contributed by atoms with Gasteiger partial charge in [-0.2, -0.15) is 0 Å². The predicted octanol–water partition coefficient (Wildman–Crippen LogP) is 4.92. The van der Waals surface area contributed by atoms with Crippen LogP contribution in [-0.4, -0.2) is 24.6 Å². The van der Waals surface area contributed by atoms with E-state index in [0.717, 1.165) is 36.5 Å². The number of oxime groups is 1. The summed E-state index contributed by atoms with van der Waals surface area (Å²) in [6, 6.07) is 11.1. The number of benzene rings is 2. The summed E-state index contributed by atoms with van der Waals surface area (Å²) in [7, 11) is 1.60. The predicted molar refractivity (Wildman–Crippen MR) is 103 cm³/mol. The van der Waals surface area contributed by atoms with E-state index in [2.05, 4.69) is 12.1 Å². The average Bonchev–Trinajstić information content (AvgIpc) is 2.65. The molecular formula is C21H25NO4. The van der Waals surface area contributed by atoms with E-state index in [-0.39, 0.29) is 11.5 Å². The summed E-state index contributed by atoms with van der Waals surface area (Å²) in [6.45, 7) is 3.40. The van der Waals surface area contributed by atoms with Crippen molar-refractivity contribution in [2.24, 2.45) is 5.16 Å². The maximum absolute atomic E-state index is 13.1. The van der Waals surface area contributed by atoms with Crippen molar-refractivity contribution in [1.29, 1.82) is 0 Å². The second kappa shape index (κ2) is 9.70. The van der Waals surface area contributed by atoms with E-state index in [4.69, 9.17) is 9.57 Å². The molecule has 0 N–H and O–H groups in total. The van der Waals surface area contributed by atoms with Crippen LogP contribution >= 0.6 is 0 Å². The fourth-order valence-corrected chi connectivity index (χ4v) is 2.84. The number of nitrogens with zero attached hydrogens (tertiary/aromatic N) is 1. The summed E-state index contributed by atoms with van der Waals surface area (Å²) in [4.78, 5) is 29.0. The molecule has 0 bridgehead atoms. The molecular weight excluding hydrogens is 330 g/mol. The molecule has 0 spiro atoms. The van der Waals surface area contributed by atoms with Gasteiger partial charge in [0.15, 0.2) is 0 Å². The van der Waals surface area contributed by atoms with E-state index in [0.29, 0.717) is 17.7 Å². The van der Waals surface area contributed by atoms with Gasteiger partial charge in [0.05, 0.1) is 7.11 Å². The highest BCUT2D eigenvalue weighted by Crippen LogP contribution is 2.29. The Bertz CT molecular complexity index is 811. The molecule has 0 aliphatic heterocycles. The molecule has 2 aromatic carbocycles. The minimum Gasteiger partial charge on any atom is -0.496 e. The minimum atomic E-state index is -0.538. The SMILES string of the molecule is CCCCCCC(=NOC(C)=O)C(=O)c1ccc(OC)c2ccccc12. The Labute approximate surface area is 154 Å². The maximum Gasteiger partial charge on any atom is 0.331 e. The molecule has 2 rings (SSSR count). The van der Waals surface area contributed by atoms with Crippen LogP contribution in [0.2, 0.25) is 0 Å². The lowest BCUT2D eigenvalue weighted by molar-refractivity contribution is -0.140. The molecule has 0 atom stereocenters. The Morgan fingerprint density at radius 1 is 1.00 bits per heavy atom. The summed E-state index contributed by atoms with van der Waals surface area (Å²) in [5, 5.41) is 5.49. The van der Waals surface area contributed by atoms with Gasteiger partial charge in [0.1, 0.15) is 11.5 Å². The number of methoxy groups -OCH3 is 1. The van der Waals surface area contributed by atoms with Crippen molar-refractivity contribution in [2.75, 3.05) is 7.11 Å². The molecule has 26 heavy (non-hydrogen) atoms. The third-order valence-corrected chi connectivity index (χ3v) is 4.16. The topological polar surface area (TPSA) is 65.0 Å². The number of ether oxygens (including phenoxy) is 1. The van der Waals surface area contributed by atoms with Crippen molar-refractivity contribution in [3.05, 3.63) is 42.0 Å². The van der Waals surface area contributed by atoms with Crippen molar-refractivity contribution < 1.29 is 19.2 Å². The van der Waals surface area contributed by atoms with Crippen LogP contribution in [0.4, 0.5) is 0 Å². The molecule has 5 nitrogen and oxygen atoms in total. The number of unbranched alkanes of at least 4 members (excludes halogenated alkanes) is 3. The van der Waals surface area contributed by atoms with E-state index in [1.807, 2.05) is 24.3 Å². The van der Waals surface area contributed by atoms with Crippen LogP contribution in [-0.2, 0) is 9.63 Å². The van der Waals surface area contributed by atoms with E-state index in [9.17, 15) is 9.59 Å². The Morgan fingerprint density at radius 2 is 1.73 bits per heavy atom. The summed E-state index contributed by atoms with van der Waals surface area (Å²) in [5.41, 5.74) is 0.800. The van der Waals surface area contributed by atoms with E-state index < -0.39 is 5.97 Å². The highest BCUT2D eigenvalue weighted by Gasteiger charge is 2.19. The fraction of sp³-hybridized carbons (Fsp3) is 0.381. The van der Waals surface area contributed by atoms with Crippen molar-refractivity contribution in [3.63, 3.8) is 0 Å². The Balaban J connectivity index is 2.37. The minimum absolute atomic E-state index is 0.221. The quantitative estimate of drug-likeness (QED) is 0.210. The first-order valence-corrected chi connectivity index (χ1v) is 8.93. The van der Waals surface area contributed by atoms with Gasteiger partial charge in [-0.05, 0) is 30.4 Å². The summed E-state index contributed by atoms with van der Waals surface area (Å²) >= 11 is 0. The number of carbonyl (C=O) groups excluding carboxylic acids is 2. The summed E-state index contributed by atoms with van der Waals surface area (Å²) in [5.74, 6) is -0.0522. The first-order chi connectivity index (χ1) is 12.6. The van der Waals surface area contributed by atoms with Gasteiger partial charge in [-0.15, -0.1) is 0 Å². The van der Waals surface area contributed by atoms with Crippen molar-refractivity contribution in [1.82, 2.24) is 0 Å². The largest absolute Gasteiger partial charge is 0.496 e. The van der Waals surface area contributed by atoms with Gasteiger partial charge in [-0.1, -0.05) is 55.6 Å². The normalized spacial score (nSPS) is 11.4. The van der Waals surface area contributed by atoms with Gasteiger partial charge in [-0.3, -0.25) is 4.79 Å². The molecule has 0 saturated heterocycles. The average molecular weight is 355 g/mol. The molecule has 138 valence electrons. The highest BCUT2D eigenvalue weighted by molar-refractivity contribution is 6.47. The number of rotatable bonds is 9. The van der Waals surface area contributed by atoms with Gasteiger partial charge < -0.3 is 9.57 Å². The van der Waals surface area contributed by atoms with Crippen molar-refractivity contribution in [3.8, 4) is 5.75 Å². The number of ketones is 1. The number of fused-ring (bicyclic) bond motifs is 1. The zero-order valence-corrected chi connectivity index (χ0v) is 15.6. The molecule has 0 aliphatic rings. The first-order valence-electron chi connectivity index (χ1n) is 8.93. The molecule has 0 amide bonds. The molecule has 0 aliphatic carbocycles. The van der Waals surface area contributed by atoms with E-state index >= 15 is 0 Å². The maximum atomic E-state index is 13.1. The highest BCUT2D eigenvalue weighted by atomic mass is 16.7. The Morgan fingerprint density at radius 3 is 2.38 bits per heavy atom. The van der Waals surface area contributed by atoms with E-state index in [1.165, 1.54) is 6.92 Å². The third-order valence-electron chi connectivity index (χ3n) is 4.16. The number of carbonyl (C=O) groups is 2. The second-order valence-corrected chi connectivity index (χ2v) is 6.12. The third kappa shape index (κ3) is 4.91. The monoisotopic (exact) mass is 355 g/mol. The Kier molecular flexibility index (Phi) is 7.33. The van der Waals surface area contributed by atoms with Crippen LogP contribution in [0.15, 0.2) is 41.6 Å². The van der Waals surface area contributed by atoms with Gasteiger partial charge >= 0.3 is 5.97 Å².